The van der Waals surface area contributed by atoms with Crippen LogP contribution in [-0.4, -0.2) is 37.1 Å². The van der Waals surface area contributed by atoms with Crippen LogP contribution in [0, 0.1) is 0 Å². The van der Waals surface area contributed by atoms with E-state index in [-0.39, 0.29) is 0 Å². The van der Waals surface area contributed by atoms with Gasteiger partial charge in [0.15, 0.2) is 0 Å². The Morgan fingerprint density at radius 3 is 1.04 bits per heavy atom. The minimum Gasteiger partial charge on any atom is -0.386 e. The highest BCUT2D eigenvalue weighted by Gasteiger charge is 2.29. The van der Waals surface area contributed by atoms with E-state index in [0.717, 1.165) is 13.2 Å². The average molecular weight is 370 g/mol. The fourth-order valence-electron chi connectivity index (χ4n) is 2.27. The lowest BCUT2D eigenvalue weighted by atomic mass is 10.1. The SMILES string of the molecule is CCOCC.O=C1OC(=O)c2ccccc21.O=C1OC(=O)c2ccccc21. The molecular weight excluding hydrogens is 352 g/mol. The van der Waals surface area contributed by atoms with Gasteiger partial charge in [-0.3, -0.25) is 0 Å². The summed E-state index contributed by atoms with van der Waals surface area (Å²) >= 11 is 0. The number of hydrogen-bond acceptors (Lipinski definition) is 7. The Kier molecular flexibility index (Phi) is 6.96. The molecule has 0 unspecified atom stereocenters. The first kappa shape index (κ1) is 20.0. The molecule has 2 aromatic carbocycles. The van der Waals surface area contributed by atoms with E-state index in [1.54, 1.807) is 48.5 Å². The van der Waals surface area contributed by atoms with Gasteiger partial charge in [0.1, 0.15) is 0 Å². The third kappa shape index (κ3) is 4.86. The van der Waals surface area contributed by atoms with Crippen molar-refractivity contribution in [2.75, 3.05) is 13.2 Å². The second kappa shape index (κ2) is 9.40. The second-order valence-corrected chi connectivity index (χ2v) is 5.23. The predicted molar refractivity (Wildman–Crippen MR) is 94.5 cm³/mol. The van der Waals surface area contributed by atoms with Crippen LogP contribution in [0.4, 0.5) is 0 Å². The van der Waals surface area contributed by atoms with Gasteiger partial charge >= 0.3 is 23.9 Å². The molecule has 2 aliphatic heterocycles. The van der Waals surface area contributed by atoms with Crippen LogP contribution in [0.25, 0.3) is 0 Å². The normalized spacial score (nSPS) is 13.4. The van der Waals surface area contributed by atoms with Crippen LogP contribution in [-0.2, 0) is 14.2 Å². The number of hydrogen-bond donors (Lipinski definition) is 0. The highest BCUT2D eigenvalue weighted by atomic mass is 16.6. The molecule has 2 aliphatic rings. The zero-order valence-corrected chi connectivity index (χ0v) is 14.9. The van der Waals surface area contributed by atoms with Crippen molar-refractivity contribution in [1.82, 2.24) is 0 Å². The molecule has 0 aliphatic carbocycles. The zero-order chi connectivity index (χ0) is 19.8. The summed E-state index contributed by atoms with van der Waals surface area (Å²) in [4.78, 5) is 43.3. The van der Waals surface area contributed by atoms with Gasteiger partial charge < -0.3 is 14.2 Å². The summed E-state index contributed by atoms with van der Waals surface area (Å²) < 4.78 is 13.5. The third-order valence-corrected chi connectivity index (χ3v) is 3.51. The lowest BCUT2D eigenvalue weighted by Crippen LogP contribution is -1.96. The standard InChI is InChI=1S/2C8H4O3.C4H10O/c2*9-7-5-3-1-2-4-6(5)8(10)11-7;1-3-5-4-2/h2*1-4H;3-4H2,1-2H3. The highest BCUT2D eigenvalue weighted by Crippen LogP contribution is 2.19. The molecule has 0 amide bonds. The Balaban J connectivity index is 0.000000157. The van der Waals surface area contributed by atoms with Crippen LogP contribution in [0.15, 0.2) is 48.5 Å². The first-order valence-corrected chi connectivity index (χ1v) is 8.28. The summed E-state index contributed by atoms with van der Waals surface area (Å²) in [5.41, 5.74) is 1.44. The maximum absolute atomic E-state index is 10.8. The van der Waals surface area contributed by atoms with Gasteiger partial charge in [-0.2, -0.15) is 0 Å². The smallest absolute Gasteiger partial charge is 0.346 e. The maximum atomic E-state index is 10.8. The van der Waals surface area contributed by atoms with E-state index < -0.39 is 23.9 Å². The van der Waals surface area contributed by atoms with Gasteiger partial charge in [-0.1, -0.05) is 24.3 Å². The fraction of sp³-hybridized carbons (Fsp3) is 0.200. The third-order valence-electron chi connectivity index (χ3n) is 3.51. The Morgan fingerprint density at radius 2 is 0.852 bits per heavy atom. The van der Waals surface area contributed by atoms with Gasteiger partial charge in [0, 0.05) is 13.2 Å². The van der Waals surface area contributed by atoms with E-state index in [2.05, 4.69) is 9.47 Å². The highest BCUT2D eigenvalue weighted by molar-refractivity contribution is 6.15. The van der Waals surface area contributed by atoms with Crippen LogP contribution in [0.3, 0.4) is 0 Å². The molecule has 27 heavy (non-hydrogen) atoms. The molecule has 2 heterocycles. The van der Waals surface area contributed by atoms with Gasteiger partial charge in [0.2, 0.25) is 0 Å². The topological polar surface area (TPSA) is 96.0 Å². The van der Waals surface area contributed by atoms with Crippen molar-refractivity contribution in [1.29, 1.82) is 0 Å². The summed E-state index contributed by atoms with van der Waals surface area (Å²) in [6, 6.07) is 13.1. The van der Waals surface area contributed by atoms with E-state index in [1.165, 1.54) is 0 Å². The van der Waals surface area contributed by atoms with E-state index in [4.69, 9.17) is 4.74 Å². The van der Waals surface area contributed by atoms with Crippen molar-refractivity contribution in [2.24, 2.45) is 0 Å². The molecule has 0 saturated heterocycles. The molecule has 0 spiro atoms. The summed E-state index contributed by atoms with van der Waals surface area (Å²) in [5, 5.41) is 0. The van der Waals surface area contributed by atoms with Crippen LogP contribution < -0.4 is 0 Å². The summed E-state index contributed by atoms with van der Waals surface area (Å²) in [7, 11) is 0. The molecule has 0 fully saturated rings. The molecule has 0 atom stereocenters. The van der Waals surface area contributed by atoms with Crippen LogP contribution in [0.2, 0.25) is 0 Å². The monoisotopic (exact) mass is 370 g/mol. The van der Waals surface area contributed by atoms with E-state index >= 15 is 0 Å². The van der Waals surface area contributed by atoms with Crippen LogP contribution in [0.1, 0.15) is 55.3 Å². The Bertz CT molecular complexity index is 733. The number of carbonyl (C=O) groups excluding carboxylic acids is 4. The van der Waals surface area contributed by atoms with Gasteiger partial charge in [-0.05, 0) is 38.1 Å². The number of rotatable bonds is 2. The largest absolute Gasteiger partial charge is 0.386 e. The van der Waals surface area contributed by atoms with Crippen LogP contribution in [0.5, 0.6) is 0 Å². The second-order valence-electron chi connectivity index (χ2n) is 5.23. The molecule has 0 N–H and O–H groups in total. The minimum absolute atomic E-state index is 0.359. The van der Waals surface area contributed by atoms with E-state index in [0.29, 0.717) is 22.3 Å². The average Bonchev–Trinajstić information content (AvgIpc) is 3.13. The van der Waals surface area contributed by atoms with Crippen molar-refractivity contribution < 1.29 is 33.4 Å². The van der Waals surface area contributed by atoms with Crippen molar-refractivity contribution in [2.45, 2.75) is 13.8 Å². The predicted octanol–water partition coefficient (Wildman–Crippen LogP) is 3.04. The molecule has 2 aromatic rings. The van der Waals surface area contributed by atoms with Crippen molar-refractivity contribution in [3.05, 3.63) is 70.8 Å². The molecule has 0 radical (unpaired) electrons. The zero-order valence-electron chi connectivity index (χ0n) is 14.9. The minimum atomic E-state index is -0.550. The first-order valence-electron chi connectivity index (χ1n) is 8.28. The van der Waals surface area contributed by atoms with Crippen molar-refractivity contribution >= 4 is 23.9 Å². The lowest BCUT2D eigenvalue weighted by Gasteiger charge is -1.86. The Hall–Kier alpha value is -3.32. The number of carbonyl (C=O) groups is 4. The van der Waals surface area contributed by atoms with Gasteiger partial charge in [0.25, 0.3) is 0 Å². The molecule has 0 aromatic heterocycles. The molecule has 4 rings (SSSR count). The van der Waals surface area contributed by atoms with Crippen LogP contribution >= 0.6 is 0 Å². The number of fused-ring (bicyclic) bond motifs is 2. The molecule has 140 valence electrons. The number of esters is 4. The molecular formula is C20H18O7. The Labute approximate surface area is 155 Å². The first-order chi connectivity index (χ1) is 13.0. The quantitative estimate of drug-likeness (QED) is 0.592. The van der Waals surface area contributed by atoms with E-state index in [9.17, 15) is 19.2 Å². The van der Waals surface area contributed by atoms with Crippen molar-refractivity contribution in [3.63, 3.8) is 0 Å². The summed E-state index contributed by atoms with van der Waals surface area (Å²) in [5.74, 6) is -2.20. The van der Waals surface area contributed by atoms with Gasteiger partial charge in [-0.25, -0.2) is 19.2 Å². The lowest BCUT2D eigenvalue weighted by molar-refractivity contribution is 0.0425. The molecule has 0 saturated carbocycles. The number of ether oxygens (including phenoxy) is 3. The summed E-state index contributed by atoms with van der Waals surface area (Å²) in [6.45, 7) is 5.67. The van der Waals surface area contributed by atoms with Gasteiger partial charge in [-0.15, -0.1) is 0 Å². The summed E-state index contributed by atoms with van der Waals surface area (Å²) in [6.07, 6.45) is 0. The maximum Gasteiger partial charge on any atom is 0.346 e. The Morgan fingerprint density at radius 1 is 0.593 bits per heavy atom. The molecule has 7 heteroatoms. The van der Waals surface area contributed by atoms with Crippen molar-refractivity contribution in [3.8, 4) is 0 Å². The van der Waals surface area contributed by atoms with Gasteiger partial charge in [0.05, 0.1) is 22.3 Å². The fourth-order valence-corrected chi connectivity index (χ4v) is 2.27. The molecule has 7 nitrogen and oxygen atoms in total. The molecule has 0 bridgehead atoms. The number of cyclic esters (lactones) is 4. The number of benzene rings is 2. The van der Waals surface area contributed by atoms with E-state index in [1.807, 2.05) is 13.8 Å².